The minimum absolute atomic E-state index is 0.0415. The van der Waals surface area contributed by atoms with Gasteiger partial charge in [-0.2, -0.15) is 22.9 Å². The number of hydrogen-bond donors (Lipinski definition) is 2. The fourth-order valence-electron chi connectivity index (χ4n) is 5.77. The van der Waals surface area contributed by atoms with Gasteiger partial charge in [-0.3, -0.25) is 9.59 Å². The van der Waals surface area contributed by atoms with E-state index in [0.717, 1.165) is 24.8 Å². The number of anilines is 1. The van der Waals surface area contributed by atoms with Crippen LogP contribution in [0.2, 0.25) is 0 Å². The second-order valence-electron chi connectivity index (χ2n) is 13.5. The Morgan fingerprint density at radius 3 is 1.90 bits per heavy atom. The standard InChI is InChI=1S/C38H44F3N3O6/c1-37(2,3)33(45)24-44(36(48)50-26-28-17-9-5-10-18-28)32-22-14-13-21-31(32)43(29-19-11-6-12-20-29)23-30(42-35(47)38(39,40)41)34(46)49-25-27-15-7-4-8-16-27/h4-5,7-10,13-18,21-22,29-30H,6,11-12,19-20,23-26H2,1-3H3,(H,42,47)/p+1/t30-/m1/s1. The van der Waals surface area contributed by atoms with E-state index in [2.05, 4.69) is 0 Å². The summed E-state index contributed by atoms with van der Waals surface area (Å²) in [5.41, 5.74) is 1.35. The fraction of sp³-hybridized carbons (Fsp3) is 0.421. The predicted octanol–water partition coefficient (Wildman–Crippen LogP) is 6.08. The minimum Gasteiger partial charge on any atom is -0.459 e. The molecule has 0 aliphatic heterocycles. The predicted molar refractivity (Wildman–Crippen MR) is 181 cm³/mol. The topological polar surface area (TPSA) is 106 Å². The van der Waals surface area contributed by atoms with Gasteiger partial charge in [0.15, 0.2) is 18.0 Å². The number of quaternary nitrogens is 1. The molecule has 3 aromatic rings. The maximum atomic E-state index is 13.9. The van der Waals surface area contributed by atoms with Crippen LogP contribution in [0.4, 0.5) is 29.3 Å². The molecule has 1 unspecified atom stereocenters. The van der Waals surface area contributed by atoms with E-state index in [9.17, 15) is 32.3 Å². The van der Waals surface area contributed by atoms with Crippen molar-refractivity contribution in [3.05, 3.63) is 96.1 Å². The van der Waals surface area contributed by atoms with E-state index in [4.69, 9.17) is 9.47 Å². The van der Waals surface area contributed by atoms with Crippen LogP contribution in [-0.2, 0) is 37.1 Å². The third kappa shape index (κ3) is 10.9. The van der Waals surface area contributed by atoms with Gasteiger partial charge in [0, 0.05) is 24.1 Å². The fourth-order valence-corrected chi connectivity index (χ4v) is 5.77. The molecule has 0 bridgehead atoms. The van der Waals surface area contributed by atoms with Gasteiger partial charge in [-0.25, -0.2) is 4.79 Å². The molecule has 3 aromatic carbocycles. The number of halogens is 3. The number of ketones is 1. The van der Waals surface area contributed by atoms with Crippen molar-refractivity contribution in [3.63, 3.8) is 0 Å². The van der Waals surface area contributed by atoms with Crippen molar-refractivity contribution < 1.29 is 46.7 Å². The van der Waals surface area contributed by atoms with Gasteiger partial charge in [-0.15, -0.1) is 0 Å². The summed E-state index contributed by atoms with van der Waals surface area (Å²) in [4.78, 5) is 54.9. The molecule has 9 nitrogen and oxygen atoms in total. The van der Waals surface area contributed by atoms with Crippen LogP contribution in [0.25, 0.3) is 0 Å². The highest BCUT2D eigenvalue weighted by atomic mass is 19.4. The Morgan fingerprint density at radius 2 is 1.34 bits per heavy atom. The van der Waals surface area contributed by atoms with Crippen molar-refractivity contribution in [2.75, 3.05) is 18.0 Å². The molecule has 2 N–H and O–H groups in total. The Bertz CT molecular complexity index is 1590. The number of rotatable bonds is 13. The van der Waals surface area contributed by atoms with Crippen LogP contribution in [-0.4, -0.2) is 55.1 Å². The lowest BCUT2D eigenvalue weighted by molar-refractivity contribution is -0.743. The average molecular weight is 697 g/mol. The van der Waals surface area contributed by atoms with E-state index in [-0.39, 0.29) is 43.0 Å². The van der Waals surface area contributed by atoms with Crippen LogP contribution in [0.1, 0.15) is 64.0 Å². The highest BCUT2D eigenvalue weighted by Gasteiger charge is 2.43. The number of esters is 1. The highest BCUT2D eigenvalue weighted by molar-refractivity contribution is 5.88. The molecular weight excluding hydrogens is 651 g/mol. The monoisotopic (exact) mass is 696 g/mol. The van der Waals surface area contributed by atoms with E-state index in [1.807, 2.05) is 23.5 Å². The molecule has 268 valence electrons. The van der Waals surface area contributed by atoms with Crippen molar-refractivity contribution in [2.24, 2.45) is 5.41 Å². The summed E-state index contributed by atoms with van der Waals surface area (Å²) >= 11 is 0. The first-order valence-corrected chi connectivity index (χ1v) is 16.8. The average Bonchev–Trinajstić information content (AvgIpc) is 3.10. The second-order valence-corrected chi connectivity index (χ2v) is 13.5. The summed E-state index contributed by atoms with van der Waals surface area (Å²) in [5.74, 6) is -3.54. The van der Waals surface area contributed by atoms with Gasteiger partial charge < -0.3 is 19.7 Å². The van der Waals surface area contributed by atoms with Gasteiger partial charge in [0.2, 0.25) is 0 Å². The quantitative estimate of drug-likeness (QED) is 0.209. The zero-order valence-corrected chi connectivity index (χ0v) is 28.6. The zero-order chi connectivity index (χ0) is 36.3. The number of nitrogens with one attached hydrogen (secondary N) is 2. The summed E-state index contributed by atoms with van der Waals surface area (Å²) in [6.45, 7) is 4.35. The Morgan fingerprint density at radius 1 is 0.800 bits per heavy atom. The van der Waals surface area contributed by atoms with Crippen molar-refractivity contribution in [1.29, 1.82) is 0 Å². The number of hydrogen-bond acceptors (Lipinski definition) is 7. The number of carbonyl (C=O) groups excluding carboxylic acids is 4. The second kappa shape index (κ2) is 17.3. The van der Waals surface area contributed by atoms with E-state index in [1.165, 1.54) is 0 Å². The number of alkyl halides is 3. The maximum absolute atomic E-state index is 13.9. The lowest BCUT2D eigenvalue weighted by Crippen LogP contribution is -3.11. The van der Waals surface area contributed by atoms with E-state index in [1.54, 1.807) is 92.4 Å². The summed E-state index contributed by atoms with van der Waals surface area (Å²) in [6, 6.07) is 22.5. The molecule has 1 aliphatic carbocycles. The SMILES string of the molecule is CC(C)(C)C(=O)C[NH+](C(=O)OCc1ccccc1)c1ccccc1N(C[C@@H](NC(=O)C(F)(F)F)C(=O)OCc1ccccc1)C1CCCCC1. The molecule has 0 spiro atoms. The first-order chi connectivity index (χ1) is 23.7. The molecule has 0 aromatic heterocycles. The Balaban J connectivity index is 1.73. The molecule has 50 heavy (non-hydrogen) atoms. The van der Waals surface area contributed by atoms with Crippen LogP contribution in [0.5, 0.6) is 0 Å². The van der Waals surface area contributed by atoms with Gasteiger partial charge in [0.1, 0.15) is 19.3 Å². The third-order valence-electron chi connectivity index (χ3n) is 8.64. The maximum Gasteiger partial charge on any atom is 0.520 e. The van der Waals surface area contributed by atoms with Crippen LogP contribution in [0.15, 0.2) is 84.9 Å². The summed E-state index contributed by atoms with van der Waals surface area (Å²) in [5, 5.41) is 1.86. The van der Waals surface area contributed by atoms with E-state index in [0.29, 0.717) is 29.8 Å². The molecule has 0 saturated heterocycles. The van der Waals surface area contributed by atoms with Crippen LogP contribution in [0, 0.1) is 5.41 Å². The zero-order valence-electron chi connectivity index (χ0n) is 28.6. The molecule has 1 saturated carbocycles. The van der Waals surface area contributed by atoms with Crippen molar-refractivity contribution in [2.45, 2.75) is 84.3 Å². The van der Waals surface area contributed by atoms with Crippen LogP contribution < -0.4 is 15.1 Å². The number of carbonyl (C=O) groups is 4. The van der Waals surface area contributed by atoms with Crippen molar-refractivity contribution >= 4 is 35.1 Å². The number of ether oxygens (including phenoxy) is 2. The number of Topliss-reactive ketones (excluding diaryl/α,β-unsaturated/α-hetero) is 1. The van der Waals surface area contributed by atoms with Crippen molar-refractivity contribution in [1.82, 2.24) is 5.32 Å². The first-order valence-electron chi connectivity index (χ1n) is 16.8. The third-order valence-corrected chi connectivity index (χ3v) is 8.64. The normalized spacial score (nSPS) is 15.0. The van der Waals surface area contributed by atoms with Gasteiger partial charge in [0.05, 0.1) is 5.69 Å². The number of alkyl carbamates (subject to hydrolysis) is 1. The summed E-state index contributed by atoms with van der Waals surface area (Å²) in [6.07, 6.45) is -2.03. The molecule has 4 rings (SSSR count). The lowest BCUT2D eigenvalue weighted by atomic mass is 9.90. The van der Waals surface area contributed by atoms with Crippen molar-refractivity contribution in [3.8, 4) is 0 Å². The molecule has 2 amide bonds. The van der Waals surface area contributed by atoms with Gasteiger partial charge in [-0.05, 0) is 30.0 Å². The van der Waals surface area contributed by atoms with Crippen LogP contribution in [0.3, 0.4) is 0 Å². The Hall–Kier alpha value is -4.71. The number of amides is 2. The van der Waals surface area contributed by atoms with Gasteiger partial charge >= 0.3 is 24.1 Å². The lowest BCUT2D eigenvalue weighted by Gasteiger charge is -2.39. The molecule has 1 aliphatic rings. The van der Waals surface area contributed by atoms with Gasteiger partial charge in [0.25, 0.3) is 0 Å². The number of nitrogens with zero attached hydrogens (tertiary/aromatic N) is 1. The Labute approximate surface area is 290 Å². The largest absolute Gasteiger partial charge is 0.520 e. The first kappa shape index (κ1) is 38.1. The minimum atomic E-state index is -5.25. The summed E-state index contributed by atoms with van der Waals surface area (Å²) in [7, 11) is 0. The van der Waals surface area contributed by atoms with Crippen LogP contribution >= 0.6 is 0 Å². The van der Waals surface area contributed by atoms with Gasteiger partial charge in [-0.1, -0.05) is 113 Å². The number of benzene rings is 3. The molecular formula is C38H45F3N3O6+. The highest BCUT2D eigenvalue weighted by Crippen LogP contribution is 2.32. The Kier molecular flexibility index (Phi) is 13.2. The number of para-hydroxylation sites is 2. The molecule has 2 atom stereocenters. The summed E-state index contributed by atoms with van der Waals surface area (Å²) < 4.78 is 51.8. The molecule has 12 heteroatoms. The van der Waals surface area contributed by atoms with E-state index < -0.39 is 35.6 Å². The molecule has 0 heterocycles. The van der Waals surface area contributed by atoms with E-state index >= 15 is 0 Å². The molecule has 0 radical (unpaired) electrons. The molecule has 1 fully saturated rings. The smallest absolute Gasteiger partial charge is 0.459 e.